The molecule has 0 fully saturated rings. The minimum absolute atomic E-state index is 0.138. The van der Waals surface area contributed by atoms with Gasteiger partial charge in [-0.2, -0.15) is 0 Å². The molecule has 0 radical (unpaired) electrons. The van der Waals surface area contributed by atoms with E-state index in [2.05, 4.69) is 48.0 Å². The van der Waals surface area contributed by atoms with Gasteiger partial charge < -0.3 is 9.64 Å². The van der Waals surface area contributed by atoms with Gasteiger partial charge in [0, 0.05) is 23.0 Å². The van der Waals surface area contributed by atoms with E-state index in [0.29, 0.717) is 12.5 Å². The molecule has 0 bridgehead atoms. The van der Waals surface area contributed by atoms with Gasteiger partial charge in [0.15, 0.2) is 0 Å². The second-order valence-electron chi connectivity index (χ2n) is 6.48. The average Bonchev–Trinajstić information content (AvgIpc) is 2.31. The number of benzene rings is 1. The van der Waals surface area contributed by atoms with Crippen LogP contribution in [0.4, 0.5) is 4.79 Å². The monoisotopic (exact) mass is 339 g/mol. The molecule has 2 rings (SSSR count). The van der Waals surface area contributed by atoms with Gasteiger partial charge in [0.1, 0.15) is 5.60 Å². The van der Waals surface area contributed by atoms with Gasteiger partial charge in [-0.25, -0.2) is 4.79 Å². The number of hydrogen-bond acceptors (Lipinski definition) is 2. The van der Waals surface area contributed by atoms with Crippen molar-refractivity contribution in [3.8, 4) is 0 Å². The van der Waals surface area contributed by atoms with Crippen molar-refractivity contribution >= 4 is 22.0 Å². The third kappa shape index (κ3) is 3.17. The Morgan fingerprint density at radius 3 is 2.60 bits per heavy atom. The van der Waals surface area contributed by atoms with Crippen LogP contribution in [0.5, 0.6) is 0 Å². The highest BCUT2D eigenvalue weighted by Crippen LogP contribution is 2.35. The van der Waals surface area contributed by atoms with Crippen molar-refractivity contribution in [1.82, 2.24) is 4.90 Å². The van der Waals surface area contributed by atoms with E-state index in [0.717, 1.165) is 4.47 Å². The molecule has 1 aliphatic heterocycles. The summed E-state index contributed by atoms with van der Waals surface area (Å²) in [6.45, 7) is 10.5. The number of ether oxygens (including phenoxy) is 1. The van der Waals surface area contributed by atoms with Crippen molar-refractivity contribution in [3.05, 3.63) is 33.8 Å². The molecule has 1 amide bonds. The summed E-state index contributed by atoms with van der Waals surface area (Å²) in [5, 5.41) is 0. The van der Waals surface area contributed by atoms with E-state index in [-0.39, 0.29) is 12.1 Å². The van der Waals surface area contributed by atoms with Gasteiger partial charge >= 0.3 is 6.09 Å². The summed E-state index contributed by atoms with van der Waals surface area (Å²) in [6, 6.07) is 6.44. The first kappa shape index (κ1) is 15.4. The van der Waals surface area contributed by atoms with Crippen LogP contribution in [0.3, 0.4) is 0 Å². The Balaban J connectivity index is 2.28. The molecule has 1 aromatic carbocycles. The molecule has 0 N–H and O–H groups in total. The Hall–Kier alpha value is -1.03. The van der Waals surface area contributed by atoms with Gasteiger partial charge in [0.25, 0.3) is 0 Å². The van der Waals surface area contributed by atoms with Gasteiger partial charge in [-0.1, -0.05) is 28.9 Å². The molecule has 0 aromatic heterocycles. The molecule has 3 nitrogen and oxygen atoms in total. The SMILES string of the molecule is CC1c2ccc(Br)cc2CN(C(=O)OC(C)(C)C)C1C. The minimum Gasteiger partial charge on any atom is -0.444 e. The van der Waals surface area contributed by atoms with Gasteiger partial charge in [-0.15, -0.1) is 0 Å². The van der Waals surface area contributed by atoms with Crippen molar-refractivity contribution in [2.75, 3.05) is 0 Å². The molecule has 2 atom stereocenters. The zero-order valence-corrected chi connectivity index (χ0v) is 14.3. The third-order valence-electron chi connectivity index (χ3n) is 3.78. The van der Waals surface area contributed by atoms with Gasteiger partial charge in [-0.3, -0.25) is 0 Å². The first-order valence-electron chi connectivity index (χ1n) is 6.97. The Morgan fingerprint density at radius 2 is 2.00 bits per heavy atom. The molecular weight excluding hydrogens is 318 g/mol. The normalized spacial score (nSPS) is 22.4. The van der Waals surface area contributed by atoms with Crippen molar-refractivity contribution in [1.29, 1.82) is 0 Å². The Labute approximate surface area is 129 Å². The van der Waals surface area contributed by atoms with Crippen LogP contribution < -0.4 is 0 Å². The van der Waals surface area contributed by atoms with E-state index in [4.69, 9.17) is 4.74 Å². The molecule has 1 aromatic rings. The van der Waals surface area contributed by atoms with E-state index in [1.54, 1.807) is 0 Å². The Bertz CT molecular complexity index is 522. The fourth-order valence-corrected chi connectivity index (χ4v) is 2.97. The molecule has 0 saturated heterocycles. The molecule has 20 heavy (non-hydrogen) atoms. The average molecular weight is 340 g/mol. The molecule has 0 aliphatic carbocycles. The summed E-state index contributed by atoms with van der Waals surface area (Å²) in [5.41, 5.74) is 2.05. The van der Waals surface area contributed by atoms with Crippen LogP contribution in [-0.2, 0) is 11.3 Å². The van der Waals surface area contributed by atoms with Crippen LogP contribution >= 0.6 is 15.9 Å². The highest BCUT2D eigenvalue weighted by atomic mass is 79.9. The van der Waals surface area contributed by atoms with E-state index in [1.807, 2.05) is 25.7 Å². The smallest absolute Gasteiger partial charge is 0.410 e. The molecule has 110 valence electrons. The third-order valence-corrected chi connectivity index (χ3v) is 4.27. The van der Waals surface area contributed by atoms with Crippen LogP contribution in [0.25, 0.3) is 0 Å². The van der Waals surface area contributed by atoms with Crippen LogP contribution in [0.2, 0.25) is 0 Å². The summed E-state index contributed by atoms with van der Waals surface area (Å²) in [5.74, 6) is 0.305. The first-order valence-corrected chi connectivity index (χ1v) is 7.76. The van der Waals surface area contributed by atoms with E-state index >= 15 is 0 Å². The fourth-order valence-electron chi connectivity index (χ4n) is 2.56. The van der Waals surface area contributed by atoms with Crippen LogP contribution in [0, 0.1) is 0 Å². The fraction of sp³-hybridized carbons (Fsp3) is 0.562. The van der Waals surface area contributed by atoms with Gasteiger partial charge in [0.2, 0.25) is 0 Å². The van der Waals surface area contributed by atoms with Crippen molar-refractivity contribution in [2.45, 2.75) is 58.7 Å². The van der Waals surface area contributed by atoms with Gasteiger partial charge in [-0.05, 0) is 51.0 Å². The Morgan fingerprint density at radius 1 is 1.35 bits per heavy atom. The lowest BCUT2D eigenvalue weighted by atomic mass is 9.86. The number of halogens is 1. The number of fused-ring (bicyclic) bond motifs is 1. The second kappa shape index (κ2) is 5.40. The summed E-state index contributed by atoms with van der Waals surface area (Å²) >= 11 is 3.50. The molecule has 1 aliphatic rings. The molecule has 1 heterocycles. The summed E-state index contributed by atoms with van der Waals surface area (Å²) < 4.78 is 6.56. The molecular formula is C16H22BrNO2. The zero-order valence-electron chi connectivity index (χ0n) is 12.7. The highest BCUT2D eigenvalue weighted by molar-refractivity contribution is 9.10. The second-order valence-corrected chi connectivity index (χ2v) is 7.40. The molecule has 2 unspecified atom stereocenters. The summed E-state index contributed by atoms with van der Waals surface area (Å²) in [6.07, 6.45) is -0.234. The lowest BCUT2D eigenvalue weighted by molar-refractivity contribution is 0.0111. The predicted molar refractivity (Wildman–Crippen MR) is 83.8 cm³/mol. The maximum absolute atomic E-state index is 12.4. The minimum atomic E-state index is -0.461. The maximum Gasteiger partial charge on any atom is 0.410 e. The van der Waals surface area contributed by atoms with E-state index in [1.165, 1.54) is 11.1 Å². The largest absolute Gasteiger partial charge is 0.444 e. The number of carbonyl (C=O) groups excluding carboxylic acids is 1. The predicted octanol–water partition coefficient (Wildman–Crippen LogP) is 4.69. The highest BCUT2D eigenvalue weighted by Gasteiger charge is 2.34. The van der Waals surface area contributed by atoms with Gasteiger partial charge in [0.05, 0.1) is 0 Å². The number of amides is 1. The maximum atomic E-state index is 12.4. The van der Waals surface area contributed by atoms with Crippen molar-refractivity contribution in [2.24, 2.45) is 0 Å². The van der Waals surface area contributed by atoms with Crippen molar-refractivity contribution < 1.29 is 9.53 Å². The van der Waals surface area contributed by atoms with Crippen LogP contribution in [0.1, 0.15) is 51.7 Å². The first-order chi connectivity index (χ1) is 9.19. The zero-order chi connectivity index (χ0) is 15.1. The lowest BCUT2D eigenvalue weighted by Gasteiger charge is -2.39. The molecule has 0 spiro atoms. The molecule has 0 saturated carbocycles. The number of hydrogen-bond donors (Lipinski definition) is 0. The van der Waals surface area contributed by atoms with Crippen LogP contribution in [-0.4, -0.2) is 22.6 Å². The number of rotatable bonds is 0. The summed E-state index contributed by atoms with van der Waals surface area (Å²) in [7, 11) is 0. The number of nitrogens with zero attached hydrogens (tertiary/aromatic N) is 1. The quantitative estimate of drug-likeness (QED) is 0.686. The van der Waals surface area contributed by atoms with Crippen molar-refractivity contribution in [3.63, 3.8) is 0 Å². The standard InChI is InChI=1S/C16H22BrNO2/c1-10-11(2)18(15(19)20-16(3,4)5)9-12-8-13(17)6-7-14(10)12/h6-8,10-11H,9H2,1-5H3. The summed E-state index contributed by atoms with van der Waals surface area (Å²) in [4.78, 5) is 14.2. The number of carbonyl (C=O) groups is 1. The Kier molecular flexibility index (Phi) is 4.14. The van der Waals surface area contributed by atoms with Crippen LogP contribution in [0.15, 0.2) is 22.7 Å². The lowest BCUT2D eigenvalue weighted by Crippen LogP contribution is -2.46. The molecule has 4 heteroatoms. The van der Waals surface area contributed by atoms with E-state index in [9.17, 15) is 4.79 Å². The topological polar surface area (TPSA) is 29.5 Å². The van der Waals surface area contributed by atoms with E-state index < -0.39 is 5.60 Å².